The van der Waals surface area contributed by atoms with Crippen LogP contribution in [-0.4, -0.2) is 101 Å². The second kappa shape index (κ2) is 18.2. The molecule has 4 heterocycles. The first-order chi connectivity index (χ1) is 29.4. The molecule has 7 rings (SSSR count). The second-order valence-electron chi connectivity index (χ2n) is 19.5. The van der Waals surface area contributed by atoms with Gasteiger partial charge in [0.2, 0.25) is 17.7 Å². The molecule has 4 amide bonds. The molecule has 2 N–H and O–H groups in total. The quantitative estimate of drug-likeness (QED) is 0.182. The molecule has 3 aromatic rings. The summed E-state index contributed by atoms with van der Waals surface area (Å²) in [6, 6.07) is 8.76. The Labute approximate surface area is 362 Å². The van der Waals surface area contributed by atoms with Crippen LogP contribution in [-0.2, 0) is 41.8 Å². The van der Waals surface area contributed by atoms with Gasteiger partial charge >= 0.3 is 11.8 Å². The maximum Gasteiger partial charge on any atom is 0.519 e. The lowest BCUT2D eigenvalue weighted by atomic mass is 9.70. The summed E-state index contributed by atoms with van der Waals surface area (Å²) in [6.07, 6.45) is 8.99. The molecular formula is C46H62N6O10. The van der Waals surface area contributed by atoms with Gasteiger partial charge in [0.05, 0.1) is 29.8 Å². The highest BCUT2D eigenvalue weighted by Crippen LogP contribution is 2.55. The maximum atomic E-state index is 14.2. The van der Waals surface area contributed by atoms with Crippen molar-refractivity contribution >= 4 is 29.6 Å². The van der Waals surface area contributed by atoms with Crippen LogP contribution >= 0.6 is 0 Å². The standard InChI is InChI=1S/C46H62N6O10/c1-29-36(62-43(58)61-29)24-60-42(57)45(5,6)25-47-39(54)38(30(2)59-23-32-15-11-8-12-16-32)49-37(53)17-34-22-50(26-46(34)27-51(28-46)41(56)35-18-44(35,3)4)40(55)33-19-48-52(21-33)20-31-13-9-7-10-14-31/h7,9-10,13-14,19,21,30,32,34-35,38H,8,11-12,15-18,20,22-28H2,1-6H3,(H,47,54)(H,49,53)/t30-,34-,35-,38?/m1/s1. The first kappa shape index (κ1) is 44.8. The van der Waals surface area contributed by atoms with Crippen molar-refractivity contribution in [3.8, 4) is 0 Å². The van der Waals surface area contributed by atoms with Crippen LogP contribution in [0.15, 0.2) is 56.4 Å². The molecule has 2 saturated heterocycles. The lowest BCUT2D eigenvalue weighted by molar-refractivity contribution is -0.156. The van der Waals surface area contributed by atoms with Crippen molar-refractivity contribution in [2.75, 3.05) is 39.3 Å². The van der Waals surface area contributed by atoms with Crippen LogP contribution in [0, 0.1) is 40.9 Å². The number of hydrogen-bond acceptors (Lipinski definition) is 11. The number of hydrogen-bond donors (Lipinski definition) is 2. The third-order valence-electron chi connectivity index (χ3n) is 13.5. The van der Waals surface area contributed by atoms with Gasteiger partial charge in [-0.25, -0.2) is 4.79 Å². The minimum absolute atomic E-state index is 0.0223. The molecule has 2 saturated carbocycles. The molecule has 1 spiro atoms. The van der Waals surface area contributed by atoms with Crippen molar-refractivity contribution in [1.29, 1.82) is 0 Å². The lowest BCUT2D eigenvalue weighted by Crippen LogP contribution is -2.63. The molecule has 2 aromatic heterocycles. The third-order valence-corrected chi connectivity index (χ3v) is 13.5. The maximum absolute atomic E-state index is 14.2. The number of rotatable bonds is 17. The second-order valence-corrected chi connectivity index (χ2v) is 19.5. The number of aryl methyl sites for hydroxylation is 1. The van der Waals surface area contributed by atoms with Crippen molar-refractivity contribution in [2.24, 2.45) is 34.0 Å². The third kappa shape index (κ3) is 10.3. The van der Waals surface area contributed by atoms with Crippen molar-refractivity contribution in [3.63, 3.8) is 0 Å². The Hall–Kier alpha value is -5.25. The fourth-order valence-electron chi connectivity index (χ4n) is 9.23. The van der Waals surface area contributed by atoms with Gasteiger partial charge in [0.1, 0.15) is 6.04 Å². The minimum atomic E-state index is -1.19. The van der Waals surface area contributed by atoms with Crippen LogP contribution in [0.25, 0.3) is 0 Å². The van der Waals surface area contributed by atoms with Crippen LogP contribution < -0.4 is 16.5 Å². The SMILES string of the molecule is Cc1oc(=O)oc1COC(=O)C(C)(C)CNC(=O)C(NC(=O)C[C@@H]1CN(C(=O)c2cnn(Cc3ccccc3)c2)CC12CN(C(=O)[C@H]1CC1(C)C)C2)[C@@H](C)OCC1CCCCC1. The molecule has 62 heavy (non-hydrogen) atoms. The summed E-state index contributed by atoms with van der Waals surface area (Å²) < 4.78 is 23.2. The number of aromatic nitrogens is 2. The highest BCUT2D eigenvalue weighted by atomic mass is 16.6. The Bertz CT molecular complexity index is 2160. The Morgan fingerprint density at radius 2 is 1.69 bits per heavy atom. The summed E-state index contributed by atoms with van der Waals surface area (Å²) in [5.41, 5.74) is -0.217. The Balaban J connectivity index is 1.03. The van der Waals surface area contributed by atoms with E-state index in [1.807, 2.05) is 35.2 Å². The van der Waals surface area contributed by atoms with Crippen LogP contribution in [0.5, 0.6) is 0 Å². The van der Waals surface area contributed by atoms with Crippen LogP contribution in [0.3, 0.4) is 0 Å². The molecule has 2 aliphatic heterocycles. The number of benzene rings is 1. The summed E-state index contributed by atoms with van der Waals surface area (Å²) in [5, 5.41) is 10.3. The fraction of sp³-hybridized carbons (Fsp3) is 0.630. The number of nitrogens with one attached hydrogen (secondary N) is 2. The molecule has 336 valence electrons. The van der Waals surface area contributed by atoms with Gasteiger partial charge in [-0.05, 0) is 69.8 Å². The molecule has 4 fully saturated rings. The highest BCUT2D eigenvalue weighted by Gasteiger charge is 2.60. The Morgan fingerprint density at radius 3 is 2.35 bits per heavy atom. The van der Waals surface area contributed by atoms with E-state index < -0.39 is 40.7 Å². The average molecular weight is 859 g/mol. The van der Waals surface area contributed by atoms with Gasteiger partial charge in [0, 0.05) is 63.3 Å². The zero-order valence-electron chi connectivity index (χ0n) is 36.9. The van der Waals surface area contributed by atoms with E-state index in [2.05, 4.69) is 29.6 Å². The summed E-state index contributed by atoms with van der Waals surface area (Å²) in [7, 11) is 0. The first-order valence-corrected chi connectivity index (χ1v) is 22.0. The predicted octanol–water partition coefficient (Wildman–Crippen LogP) is 4.48. The molecule has 1 aromatic carbocycles. The van der Waals surface area contributed by atoms with Gasteiger partial charge in [-0.3, -0.25) is 28.7 Å². The van der Waals surface area contributed by atoms with E-state index in [1.54, 1.807) is 42.7 Å². The van der Waals surface area contributed by atoms with Crippen LogP contribution in [0.4, 0.5) is 0 Å². The summed E-state index contributed by atoms with van der Waals surface area (Å²) >= 11 is 0. The molecule has 16 nitrogen and oxygen atoms in total. The Morgan fingerprint density at radius 1 is 1.00 bits per heavy atom. The van der Waals surface area contributed by atoms with E-state index in [0.29, 0.717) is 50.8 Å². The predicted molar refractivity (Wildman–Crippen MR) is 225 cm³/mol. The number of ether oxygens (including phenoxy) is 2. The van der Waals surface area contributed by atoms with E-state index >= 15 is 0 Å². The van der Waals surface area contributed by atoms with Crippen molar-refractivity contribution in [1.82, 2.24) is 30.2 Å². The fourth-order valence-corrected chi connectivity index (χ4v) is 9.23. The van der Waals surface area contributed by atoms with E-state index in [-0.39, 0.29) is 66.1 Å². The molecule has 0 radical (unpaired) electrons. The van der Waals surface area contributed by atoms with E-state index in [1.165, 1.54) is 13.3 Å². The van der Waals surface area contributed by atoms with Crippen molar-refractivity contribution < 1.29 is 42.3 Å². The largest absolute Gasteiger partial charge is 0.519 e. The minimum Gasteiger partial charge on any atom is -0.457 e. The normalized spacial score (nSPS) is 21.5. The summed E-state index contributed by atoms with van der Waals surface area (Å²) in [5.74, 6) is -2.17. The average Bonchev–Trinajstić information content (AvgIpc) is 3.56. The lowest BCUT2D eigenvalue weighted by Gasteiger charge is -2.51. The number of carbonyl (C=O) groups is 5. The van der Waals surface area contributed by atoms with Crippen molar-refractivity contribution in [3.05, 3.63) is 76.0 Å². The van der Waals surface area contributed by atoms with E-state index in [9.17, 15) is 28.8 Å². The van der Waals surface area contributed by atoms with Gasteiger partial charge in [-0.2, -0.15) is 5.10 Å². The van der Waals surface area contributed by atoms with Gasteiger partial charge in [0.15, 0.2) is 18.1 Å². The number of nitrogens with zero attached hydrogens (tertiary/aromatic N) is 4. The summed E-state index contributed by atoms with van der Waals surface area (Å²) in [4.78, 5) is 83.9. The first-order valence-electron chi connectivity index (χ1n) is 22.0. The molecule has 4 aliphatic rings. The zero-order valence-corrected chi connectivity index (χ0v) is 36.9. The molecule has 1 unspecified atom stereocenters. The number of likely N-dealkylation sites (tertiary alicyclic amines) is 2. The van der Waals surface area contributed by atoms with Crippen LogP contribution in [0.1, 0.15) is 107 Å². The molecule has 0 bridgehead atoms. The van der Waals surface area contributed by atoms with E-state index in [4.69, 9.17) is 18.3 Å². The Kier molecular flexibility index (Phi) is 13.2. The molecule has 16 heteroatoms. The number of amides is 4. The molecule has 2 aliphatic carbocycles. The van der Waals surface area contributed by atoms with Crippen LogP contribution in [0.2, 0.25) is 0 Å². The zero-order chi connectivity index (χ0) is 44.4. The smallest absolute Gasteiger partial charge is 0.457 e. The van der Waals surface area contributed by atoms with Gasteiger partial charge in [-0.1, -0.05) is 63.4 Å². The van der Waals surface area contributed by atoms with Gasteiger partial charge in [0.25, 0.3) is 5.91 Å². The van der Waals surface area contributed by atoms with E-state index in [0.717, 1.165) is 37.7 Å². The van der Waals surface area contributed by atoms with Gasteiger partial charge < -0.3 is 38.7 Å². The molecule has 4 atom stereocenters. The van der Waals surface area contributed by atoms with Crippen molar-refractivity contribution in [2.45, 2.75) is 112 Å². The molecular weight excluding hydrogens is 797 g/mol. The number of carbonyl (C=O) groups excluding carboxylic acids is 5. The monoisotopic (exact) mass is 858 g/mol. The van der Waals surface area contributed by atoms with Gasteiger partial charge in [-0.15, -0.1) is 0 Å². The highest BCUT2D eigenvalue weighted by molar-refractivity contribution is 5.94. The topological polar surface area (TPSA) is 196 Å². The number of esters is 1. The summed E-state index contributed by atoms with van der Waals surface area (Å²) in [6.45, 7) is 12.8.